The summed E-state index contributed by atoms with van der Waals surface area (Å²) in [7, 11) is 0. The molecule has 1 fully saturated rings. The topological polar surface area (TPSA) is 83.1 Å². The molecule has 1 unspecified atom stereocenters. The third-order valence-corrected chi connectivity index (χ3v) is 4.27. The molecule has 2 amide bonds. The van der Waals surface area contributed by atoms with Gasteiger partial charge in [0, 0.05) is 31.2 Å². The summed E-state index contributed by atoms with van der Waals surface area (Å²) in [6.45, 7) is 2.24. The van der Waals surface area contributed by atoms with Gasteiger partial charge < -0.3 is 16.0 Å². The number of carbonyl (C=O) groups excluding carboxylic acids is 2. The number of pyridine rings is 1. The van der Waals surface area contributed by atoms with Crippen LogP contribution in [0.15, 0.2) is 48.8 Å². The Balaban J connectivity index is 0.00000182. The van der Waals surface area contributed by atoms with Gasteiger partial charge in [-0.1, -0.05) is 12.1 Å². The molecule has 0 radical (unpaired) electrons. The first kappa shape index (κ1) is 22.9. The number of nitrogens with one attached hydrogen (secondary N) is 3. The summed E-state index contributed by atoms with van der Waals surface area (Å²) in [5.41, 5.74) is 2.22. The van der Waals surface area contributed by atoms with E-state index in [2.05, 4.69) is 20.9 Å². The Kier molecular flexibility index (Phi) is 9.78. The summed E-state index contributed by atoms with van der Waals surface area (Å²) in [6, 6.07) is 10.9. The van der Waals surface area contributed by atoms with E-state index in [1.807, 2.05) is 24.3 Å². The highest BCUT2D eigenvalue weighted by molar-refractivity contribution is 6.04. The van der Waals surface area contributed by atoms with Crippen LogP contribution in [-0.4, -0.2) is 29.9 Å². The summed E-state index contributed by atoms with van der Waals surface area (Å²) < 4.78 is 0. The maximum Gasteiger partial charge on any atom is 0.257 e. The molecule has 3 rings (SSSR count). The average Bonchev–Trinajstić information content (AvgIpc) is 2.68. The highest BCUT2D eigenvalue weighted by Gasteiger charge is 2.20. The molecule has 8 heteroatoms. The van der Waals surface area contributed by atoms with Gasteiger partial charge in [0.15, 0.2) is 0 Å². The maximum atomic E-state index is 12.1. The van der Waals surface area contributed by atoms with E-state index in [0.29, 0.717) is 17.8 Å². The van der Waals surface area contributed by atoms with E-state index in [1.165, 1.54) is 6.20 Å². The van der Waals surface area contributed by atoms with Gasteiger partial charge in [-0.2, -0.15) is 0 Å². The van der Waals surface area contributed by atoms with Gasteiger partial charge in [-0.15, -0.1) is 24.8 Å². The summed E-state index contributed by atoms with van der Waals surface area (Å²) in [4.78, 5) is 28.1. The van der Waals surface area contributed by atoms with E-state index in [4.69, 9.17) is 0 Å². The van der Waals surface area contributed by atoms with E-state index in [-0.39, 0.29) is 42.5 Å². The van der Waals surface area contributed by atoms with Gasteiger partial charge in [0.1, 0.15) is 0 Å². The predicted molar refractivity (Wildman–Crippen MR) is 111 cm³/mol. The van der Waals surface area contributed by atoms with Crippen LogP contribution < -0.4 is 16.0 Å². The van der Waals surface area contributed by atoms with Gasteiger partial charge in [-0.25, -0.2) is 0 Å². The maximum absolute atomic E-state index is 12.1. The minimum Gasteiger partial charge on any atom is -0.352 e. The third kappa shape index (κ3) is 6.82. The number of piperidine rings is 1. The van der Waals surface area contributed by atoms with Crippen molar-refractivity contribution in [2.45, 2.75) is 19.4 Å². The molecule has 146 valence electrons. The number of nitrogens with zero attached hydrogens (tertiary/aromatic N) is 1. The molecule has 1 aliphatic heterocycles. The number of hydrogen-bond donors (Lipinski definition) is 3. The van der Waals surface area contributed by atoms with Gasteiger partial charge in [0.05, 0.1) is 11.5 Å². The van der Waals surface area contributed by atoms with Crippen molar-refractivity contribution >= 4 is 42.3 Å². The van der Waals surface area contributed by atoms with Crippen molar-refractivity contribution in [3.05, 3.63) is 59.9 Å². The van der Waals surface area contributed by atoms with Crippen molar-refractivity contribution in [2.24, 2.45) is 5.92 Å². The minimum absolute atomic E-state index is 0. The molecule has 1 aromatic heterocycles. The summed E-state index contributed by atoms with van der Waals surface area (Å²) in [6.07, 6.45) is 5.14. The lowest BCUT2D eigenvalue weighted by atomic mass is 9.99. The van der Waals surface area contributed by atoms with Crippen LogP contribution in [0.25, 0.3) is 0 Å². The number of halogens is 2. The van der Waals surface area contributed by atoms with Gasteiger partial charge >= 0.3 is 0 Å². The van der Waals surface area contributed by atoms with Crippen molar-refractivity contribution in [3.8, 4) is 0 Å². The zero-order valence-electron chi connectivity index (χ0n) is 14.8. The first-order chi connectivity index (χ1) is 12.2. The fourth-order valence-corrected chi connectivity index (χ4v) is 2.82. The van der Waals surface area contributed by atoms with Gasteiger partial charge in [0.2, 0.25) is 5.91 Å². The van der Waals surface area contributed by atoms with E-state index in [9.17, 15) is 9.59 Å². The molecule has 1 aromatic carbocycles. The Hall–Kier alpha value is -2.15. The predicted octanol–water partition coefficient (Wildman–Crippen LogP) is 2.79. The summed E-state index contributed by atoms with van der Waals surface area (Å²) in [5, 5.41) is 9.06. The number of anilines is 1. The molecule has 1 aliphatic rings. The number of aromatic nitrogens is 1. The van der Waals surface area contributed by atoms with E-state index < -0.39 is 0 Å². The monoisotopic (exact) mass is 410 g/mol. The Morgan fingerprint density at radius 1 is 1.15 bits per heavy atom. The van der Waals surface area contributed by atoms with Crippen molar-refractivity contribution in [1.82, 2.24) is 15.6 Å². The second-order valence-electron chi connectivity index (χ2n) is 6.15. The van der Waals surface area contributed by atoms with Crippen molar-refractivity contribution in [3.63, 3.8) is 0 Å². The molecular weight excluding hydrogens is 387 g/mol. The molecule has 2 aromatic rings. The van der Waals surface area contributed by atoms with Gasteiger partial charge in [-0.3, -0.25) is 14.6 Å². The summed E-state index contributed by atoms with van der Waals surface area (Å²) >= 11 is 0. The van der Waals surface area contributed by atoms with Crippen LogP contribution in [0.4, 0.5) is 5.69 Å². The molecule has 0 bridgehead atoms. The van der Waals surface area contributed by atoms with Gasteiger partial charge in [-0.05, 0) is 49.2 Å². The van der Waals surface area contributed by atoms with Crippen LogP contribution in [0.2, 0.25) is 0 Å². The zero-order valence-corrected chi connectivity index (χ0v) is 16.4. The normalized spacial score (nSPS) is 15.6. The van der Waals surface area contributed by atoms with E-state index in [1.54, 1.807) is 18.3 Å². The molecular formula is C19H24Cl2N4O2. The fraction of sp³-hybridized carbons (Fsp3) is 0.316. The Bertz CT molecular complexity index is 720. The standard InChI is InChI=1S/C19H22N4O2.2ClH/c24-18(15-3-1-9-20-12-15)22-11-14-5-7-17(8-6-14)23-19(25)16-4-2-10-21-13-16;;/h2,4-8,10,13,15,20H,1,3,9,11-12H2,(H,22,24)(H,23,25);2*1H. The van der Waals surface area contributed by atoms with Crippen LogP contribution in [0.5, 0.6) is 0 Å². The minimum atomic E-state index is -0.195. The van der Waals surface area contributed by atoms with Crippen molar-refractivity contribution in [1.29, 1.82) is 0 Å². The number of hydrogen-bond acceptors (Lipinski definition) is 4. The zero-order chi connectivity index (χ0) is 17.5. The Morgan fingerprint density at radius 3 is 2.56 bits per heavy atom. The highest BCUT2D eigenvalue weighted by Crippen LogP contribution is 2.13. The number of amides is 2. The molecule has 6 nitrogen and oxygen atoms in total. The average molecular weight is 411 g/mol. The van der Waals surface area contributed by atoms with Crippen molar-refractivity contribution in [2.75, 3.05) is 18.4 Å². The third-order valence-electron chi connectivity index (χ3n) is 4.27. The van der Waals surface area contributed by atoms with Crippen molar-refractivity contribution < 1.29 is 9.59 Å². The SMILES string of the molecule is Cl.Cl.O=C(Nc1ccc(CNC(=O)C2CCCNC2)cc1)c1cccnc1. The number of benzene rings is 1. The second-order valence-corrected chi connectivity index (χ2v) is 6.15. The lowest BCUT2D eigenvalue weighted by Gasteiger charge is -2.21. The second kappa shape index (κ2) is 11.5. The quantitative estimate of drug-likeness (QED) is 0.707. The van der Waals surface area contributed by atoms with Crippen LogP contribution in [0.1, 0.15) is 28.8 Å². The molecule has 1 saturated heterocycles. The molecule has 0 spiro atoms. The molecule has 27 heavy (non-hydrogen) atoms. The largest absolute Gasteiger partial charge is 0.352 e. The molecule has 1 atom stereocenters. The fourth-order valence-electron chi connectivity index (χ4n) is 2.82. The Labute approximate surface area is 171 Å². The lowest BCUT2D eigenvalue weighted by Crippen LogP contribution is -2.40. The van der Waals surface area contributed by atoms with Crippen LogP contribution in [0, 0.1) is 5.92 Å². The first-order valence-corrected chi connectivity index (χ1v) is 8.51. The molecule has 0 saturated carbocycles. The van der Waals surface area contributed by atoms with E-state index in [0.717, 1.165) is 31.5 Å². The van der Waals surface area contributed by atoms with E-state index >= 15 is 0 Å². The molecule has 0 aliphatic carbocycles. The number of carbonyl (C=O) groups is 2. The van der Waals surface area contributed by atoms with Crippen LogP contribution in [-0.2, 0) is 11.3 Å². The smallest absolute Gasteiger partial charge is 0.257 e. The highest BCUT2D eigenvalue weighted by atomic mass is 35.5. The van der Waals surface area contributed by atoms with Gasteiger partial charge in [0.25, 0.3) is 5.91 Å². The Morgan fingerprint density at radius 2 is 1.93 bits per heavy atom. The van der Waals surface area contributed by atoms with Crippen LogP contribution >= 0.6 is 24.8 Å². The first-order valence-electron chi connectivity index (χ1n) is 8.51. The molecule has 2 heterocycles. The van der Waals surface area contributed by atoms with Crippen LogP contribution in [0.3, 0.4) is 0 Å². The summed E-state index contributed by atoms with van der Waals surface area (Å²) in [5.74, 6) is -0.0353. The molecule has 3 N–H and O–H groups in total. The lowest BCUT2D eigenvalue weighted by molar-refractivity contribution is -0.125. The number of rotatable bonds is 5.